The number of hydrogen-bond donors (Lipinski definition) is 3. The Labute approximate surface area is 144 Å². The van der Waals surface area contributed by atoms with E-state index in [1.807, 2.05) is 23.1 Å². The van der Waals surface area contributed by atoms with Crippen molar-refractivity contribution >= 4 is 17.7 Å². The second kappa shape index (κ2) is 6.06. The summed E-state index contributed by atoms with van der Waals surface area (Å²) in [4.78, 5) is 12.8. The Morgan fingerprint density at radius 1 is 1.12 bits per heavy atom. The SMILES string of the molecule is NC1=NC(N)(c2nnc(N3CCN(c4ccccn4)CC3)o2)NC=C1. The van der Waals surface area contributed by atoms with Crippen LogP contribution in [0.4, 0.5) is 11.8 Å². The molecule has 0 saturated carbocycles. The number of nitrogens with two attached hydrogens (primary N) is 2. The molecule has 4 heterocycles. The van der Waals surface area contributed by atoms with Gasteiger partial charge in [-0.1, -0.05) is 11.2 Å². The molecular weight excluding hydrogens is 322 g/mol. The first-order valence-electron chi connectivity index (χ1n) is 7.97. The summed E-state index contributed by atoms with van der Waals surface area (Å²) >= 11 is 0. The van der Waals surface area contributed by atoms with E-state index in [9.17, 15) is 0 Å². The van der Waals surface area contributed by atoms with Crippen LogP contribution in [-0.4, -0.2) is 47.2 Å². The van der Waals surface area contributed by atoms with Gasteiger partial charge in [0.15, 0.2) is 0 Å². The van der Waals surface area contributed by atoms with Crippen molar-refractivity contribution in [3.05, 3.63) is 42.6 Å². The Morgan fingerprint density at radius 2 is 1.92 bits per heavy atom. The minimum absolute atomic E-state index is 0.168. The van der Waals surface area contributed by atoms with Gasteiger partial charge < -0.3 is 25.3 Å². The molecule has 5 N–H and O–H groups in total. The molecule has 1 saturated heterocycles. The monoisotopic (exact) mass is 341 g/mol. The van der Waals surface area contributed by atoms with Gasteiger partial charge in [-0.15, -0.1) is 5.10 Å². The minimum atomic E-state index is -1.33. The van der Waals surface area contributed by atoms with E-state index in [1.54, 1.807) is 18.5 Å². The van der Waals surface area contributed by atoms with Gasteiger partial charge in [-0.25, -0.2) is 9.98 Å². The van der Waals surface area contributed by atoms with Gasteiger partial charge in [-0.2, -0.15) is 0 Å². The fraction of sp³-hybridized carbons (Fsp3) is 0.333. The smallest absolute Gasteiger partial charge is 0.318 e. The molecule has 1 atom stereocenters. The van der Waals surface area contributed by atoms with Crippen molar-refractivity contribution in [2.45, 2.75) is 5.79 Å². The number of anilines is 2. The van der Waals surface area contributed by atoms with Crippen LogP contribution in [0.1, 0.15) is 5.89 Å². The van der Waals surface area contributed by atoms with Crippen molar-refractivity contribution in [1.29, 1.82) is 0 Å². The van der Waals surface area contributed by atoms with E-state index in [4.69, 9.17) is 15.9 Å². The molecule has 1 unspecified atom stereocenters. The van der Waals surface area contributed by atoms with Crippen molar-refractivity contribution in [3.8, 4) is 0 Å². The van der Waals surface area contributed by atoms with Crippen LogP contribution >= 0.6 is 0 Å². The third kappa shape index (κ3) is 2.98. The zero-order valence-corrected chi connectivity index (χ0v) is 13.5. The fourth-order valence-corrected chi connectivity index (χ4v) is 2.80. The van der Waals surface area contributed by atoms with Gasteiger partial charge >= 0.3 is 6.01 Å². The van der Waals surface area contributed by atoms with E-state index in [1.165, 1.54) is 0 Å². The Balaban J connectivity index is 1.45. The van der Waals surface area contributed by atoms with Crippen LogP contribution in [0, 0.1) is 0 Å². The predicted octanol–water partition coefficient (Wildman–Crippen LogP) is -0.666. The molecule has 0 bridgehead atoms. The highest BCUT2D eigenvalue weighted by Crippen LogP contribution is 2.23. The average molecular weight is 341 g/mol. The lowest BCUT2D eigenvalue weighted by Gasteiger charge is -2.34. The van der Waals surface area contributed by atoms with Crippen molar-refractivity contribution in [2.75, 3.05) is 36.0 Å². The van der Waals surface area contributed by atoms with Gasteiger partial charge in [0, 0.05) is 38.6 Å². The fourth-order valence-electron chi connectivity index (χ4n) is 2.80. The predicted molar refractivity (Wildman–Crippen MR) is 92.7 cm³/mol. The van der Waals surface area contributed by atoms with Crippen molar-refractivity contribution in [3.63, 3.8) is 0 Å². The number of nitrogens with zero attached hydrogens (tertiary/aromatic N) is 6. The molecular formula is C15H19N9O. The van der Waals surface area contributed by atoms with Gasteiger partial charge in [-0.3, -0.25) is 5.73 Å². The van der Waals surface area contributed by atoms with Gasteiger partial charge in [0.05, 0.1) is 0 Å². The standard InChI is InChI=1S/C15H19N9O/c16-11-4-6-19-15(17,20-11)13-21-22-14(25-13)24-9-7-23(8-10-24)12-3-1-2-5-18-12/h1-6,19H,7-10,17H2,(H2,16,20). The van der Waals surface area contributed by atoms with Gasteiger partial charge in [0.2, 0.25) is 0 Å². The highest BCUT2D eigenvalue weighted by molar-refractivity contribution is 5.92. The van der Waals surface area contributed by atoms with Crippen LogP contribution in [0.5, 0.6) is 0 Å². The lowest BCUT2D eigenvalue weighted by molar-refractivity contribution is 0.305. The largest absolute Gasteiger partial charge is 0.402 e. The molecule has 10 heteroatoms. The molecule has 4 rings (SSSR count). The van der Waals surface area contributed by atoms with E-state index in [2.05, 4.69) is 30.4 Å². The lowest BCUT2D eigenvalue weighted by Crippen LogP contribution is -2.49. The van der Waals surface area contributed by atoms with E-state index in [-0.39, 0.29) is 5.89 Å². The van der Waals surface area contributed by atoms with Crippen molar-refractivity contribution in [1.82, 2.24) is 20.5 Å². The zero-order chi connectivity index (χ0) is 17.3. The molecule has 2 aliphatic rings. The number of aliphatic imine (C=N–C) groups is 1. The Kier molecular flexibility index (Phi) is 3.73. The van der Waals surface area contributed by atoms with Crippen LogP contribution in [0.15, 0.2) is 46.1 Å². The number of aromatic nitrogens is 3. The van der Waals surface area contributed by atoms with E-state index in [0.29, 0.717) is 11.9 Å². The number of rotatable bonds is 3. The average Bonchev–Trinajstić information content (AvgIpc) is 3.14. The molecule has 0 aromatic carbocycles. The number of amidine groups is 1. The number of nitrogens with one attached hydrogen (secondary N) is 1. The third-order valence-electron chi connectivity index (χ3n) is 4.13. The van der Waals surface area contributed by atoms with Gasteiger partial charge in [-0.05, 0) is 18.2 Å². The summed E-state index contributed by atoms with van der Waals surface area (Å²) in [5, 5.41) is 11.0. The maximum atomic E-state index is 6.15. The van der Waals surface area contributed by atoms with Crippen LogP contribution in [-0.2, 0) is 5.79 Å². The number of piperazine rings is 1. The summed E-state index contributed by atoms with van der Waals surface area (Å²) in [6.07, 6.45) is 5.02. The number of pyridine rings is 1. The van der Waals surface area contributed by atoms with E-state index >= 15 is 0 Å². The summed E-state index contributed by atoms with van der Waals surface area (Å²) < 4.78 is 5.74. The van der Waals surface area contributed by atoms with Crippen LogP contribution in [0.25, 0.3) is 0 Å². The summed E-state index contributed by atoms with van der Waals surface area (Å²) in [6.45, 7) is 3.12. The lowest BCUT2D eigenvalue weighted by atomic mass is 10.3. The molecule has 0 spiro atoms. The van der Waals surface area contributed by atoms with E-state index in [0.717, 1.165) is 32.0 Å². The van der Waals surface area contributed by atoms with Crippen molar-refractivity contribution < 1.29 is 4.42 Å². The molecule has 0 amide bonds. The van der Waals surface area contributed by atoms with E-state index < -0.39 is 5.79 Å². The highest BCUT2D eigenvalue weighted by Gasteiger charge is 2.35. The Bertz CT molecular complexity index is 794. The normalized spacial score (nSPS) is 23.3. The maximum absolute atomic E-state index is 6.15. The molecule has 10 nitrogen and oxygen atoms in total. The second-order valence-electron chi connectivity index (χ2n) is 5.83. The Morgan fingerprint density at radius 3 is 2.64 bits per heavy atom. The molecule has 1 fully saturated rings. The first kappa shape index (κ1) is 15.4. The van der Waals surface area contributed by atoms with Crippen molar-refractivity contribution in [2.24, 2.45) is 16.5 Å². The first-order chi connectivity index (χ1) is 12.1. The summed E-state index contributed by atoms with van der Waals surface area (Å²) in [5.74, 6) is 0.101. The molecule has 2 aliphatic heterocycles. The zero-order valence-electron chi connectivity index (χ0n) is 13.5. The minimum Gasteiger partial charge on any atom is -0.402 e. The third-order valence-corrected chi connectivity index (χ3v) is 4.13. The summed E-state index contributed by atoms with van der Waals surface area (Å²) in [6, 6.07) is 6.32. The van der Waals surface area contributed by atoms with Crippen LogP contribution < -0.4 is 26.6 Å². The molecule has 0 aliphatic carbocycles. The van der Waals surface area contributed by atoms with Crippen LogP contribution in [0.3, 0.4) is 0 Å². The summed E-state index contributed by atoms with van der Waals surface area (Å²) in [7, 11) is 0. The first-order valence-corrected chi connectivity index (χ1v) is 7.97. The van der Waals surface area contributed by atoms with Gasteiger partial charge in [0.25, 0.3) is 11.7 Å². The summed E-state index contributed by atoms with van der Waals surface area (Å²) in [5.41, 5.74) is 11.8. The number of hydrogen-bond acceptors (Lipinski definition) is 10. The topological polar surface area (TPSA) is 135 Å². The molecule has 0 radical (unpaired) electrons. The molecule has 25 heavy (non-hydrogen) atoms. The quantitative estimate of drug-likeness (QED) is 0.664. The maximum Gasteiger partial charge on any atom is 0.318 e. The molecule has 2 aromatic heterocycles. The molecule has 2 aromatic rings. The van der Waals surface area contributed by atoms with Crippen LogP contribution in [0.2, 0.25) is 0 Å². The molecule has 130 valence electrons. The second-order valence-corrected chi connectivity index (χ2v) is 5.83. The highest BCUT2D eigenvalue weighted by atomic mass is 16.4. The van der Waals surface area contributed by atoms with Gasteiger partial charge in [0.1, 0.15) is 11.7 Å². The Hall–Kier alpha value is -3.14.